The Labute approximate surface area is 141 Å². The van der Waals surface area contributed by atoms with Crippen LogP contribution in [-0.4, -0.2) is 26.0 Å². The van der Waals surface area contributed by atoms with Gasteiger partial charge in [0.05, 0.1) is 17.4 Å². The topological polar surface area (TPSA) is 59.8 Å². The number of carbonyl (C=O) groups is 1. The highest BCUT2D eigenvalue weighted by Crippen LogP contribution is 2.20. The van der Waals surface area contributed by atoms with Gasteiger partial charge in [0.1, 0.15) is 5.65 Å². The van der Waals surface area contributed by atoms with Gasteiger partial charge in [-0.05, 0) is 44.5 Å². The molecule has 5 heteroatoms. The van der Waals surface area contributed by atoms with Crippen molar-refractivity contribution in [1.29, 1.82) is 0 Å². The molecule has 24 heavy (non-hydrogen) atoms. The third-order valence-corrected chi connectivity index (χ3v) is 3.54. The Morgan fingerprint density at radius 2 is 2.04 bits per heavy atom. The highest BCUT2D eigenvalue weighted by molar-refractivity contribution is 5.95. The first kappa shape index (κ1) is 15.9. The predicted molar refractivity (Wildman–Crippen MR) is 96.2 cm³/mol. The molecule has 0 fully saturated rings. The van der Waals surface area contributed by atoms with Gasteiger partial charge in [-0.15, -0.1) is 0 Å². The van der Waals surface area contributed by atoms with Gasteiger partial charge < -0.3 is 5.32 Å². The first-order valence-corrected chi connectivity index (χ1v) is 7.75. The number of hydrogen-bond acceptors (Lipinski definition) is 3. The molecule has 0 aliphatic heterocycles. The molecule has 1 N–H and O–H groups in total. The highest BCUT2D eigenvalue weighted by Gasteiger charge is 2.16. The second-order valence-electron chi connectivity index (χ2n) is 6.71. The smallest absolute Gasteiger partial charge is 0.253 e. The molecule has 0 radical (unpaired) electrons. The molecule has 0 atom stereocenters. The van der Waals surface area contributed by atoms with Crippen molar-refractivity contribution in [3.8, 4) is 5.69 Å². The van der Waals surface area contributed by atoms with E-state index in [2.05, 4.69) is 21.9 Å². The molecule has 0 unspecified atom stereocenters. The van der Waals surface area contributed by atoms with Crippen LogP contribution in [0.5, 0.6) is 0 Å². The fraction of sp³-hybridized carbons (Fsp3) is 0.211. The Balaban J connectivity index is 2.00. The van der Waals surface area contributed by atoms with E-state index in [1.54, 1.807) is 24.7 Å². The average molecular weight is 320 g/mol. The molecule has 0 aromatic carbocycles. The van der Waals surface area contributed by atoms with Crippen molar-refractivity contribution in [2.75, 3.05) is 0 Å². The minimum Gasteiger partial charge on any atom is -0.347 e. The number of amides is 1. The maximum atomic E-state index is 12.3. The summed E-state index contributed by atoms with van der Waals surface area (Å²) in [5, 5.41) is 3.96. The molecule has 0 saturated carbocycles. The second-order valence-corrected chi connectivity index (χ2v) is 6.71. The summed E-state index contributed by atoms with van der Waals surface area (Å²) in [6.45, 7) is 9.60. The van der Waals surface area contributed by atoms with Crippen molar-refractivity contribution < 1.29 is 4.79 Å². The van der Waals surface area contributed by atoms with E-state index in [-0.39, 0.29) is 11.4 Å². The van der Waals surface area contributed by atoms with Gasteiger partial charge in [0.15, 0.2) is 0 Å². The fourth-order valence-corrected chi connectivity index (χ4v) is 2.46. The van der Waals surface area contributed by atoms with Gasteiger partial charge in [0.25, 0.3) is 5.91 Å². The number of aromatic nitrogens is 3. The van der Waals surface area contributed by atoms with E-state index < -0.39 is 0 Å². The minimum absolute atomic E-state index is 0.143. The molecule has 3 rings (SSSR count). The van der Waals surface area contributed by atoms with E-state index in [9.17, 15) is 4.79 Å². The molecule has 3 heterocycles. The summed E-state index contributed by atoms with van der Waals surface area (Å²) < 4.78 is 1.92. The molecular weight excluding hydrogens is 300 g/mol. The molecule has 0 spiro atoms. The van der Waals surface area contributed by atoms with Gasteiger partial charge >= 0.3 is 0 Å². The van der Waals surface area contributed by atoms with Crippen molar-refractivity contribution in [3.05, 3.63) is 60.7 Å². The second kappa shape index (κ2) is 5.92. The van der Waals surface area contributed by atoms with Crippen LogP contribution in [0.15, 0.2) is 49.6 Å². The molecule has 0 aliphatic rings. The molecule has 3 aromatic heterocycles. The van der Waals surface area contributed by atoms with Crippen LogP contribution in [0.25, 0.3) is 22.8 Å². The van der Waals surface area contributed by atoms with Gasteiger partial charge in [-0.1, -0.05) is 12.7 Å². The summed E-state index contributed by atoms with van der Waals surface area (Å²) in [6.07, 6.45) is 8.75. The quantitative estimate of drug-likeness (QED) is 0.802. The Morgan fingerprint density at radius 1 is 1.25 bits per heavy atom. The number of hydrogen-bond donors (Lipinski definition) is 1. The van der Waals surface area contributed by atoms with Crippen molar-refractivity contribution in [1.82, 2.24) is 19.9 Å². The lowest BCUT2D eigenvalue weighted by Crippen LogP contribution is -2.40. The van der Waals surface area contributed by atoms with E-state index in [1.165, 1.54) is 0 Å². The predicted octanol–water partition coefficient (Wildman–Crippen LogP) is 3.59. The summed E-state index contributed by atoms with van der Waals surface area (Å²) in [4.78, 5) is 21.0. The minimum atomic E-state index is -0.296. The fourth-order valence-electron chi connectivity index (χ4n) is 2.46. The SMILES string of the molecule is C=Cc1cnc2c(ccn2-c2cncc(C(=O)NC(C)(C)C)c2)c1. The van der Waals surface area contributed by atoms with E-state index >= 15 is 0 Å². The summed E-state index contributed by atoms with van der Waals surface area (Å²) in [5.74, 6) is -0.143. The largest absolute Gasteiger partial charge is 0.347 e. The maximum Gasteiger partial charge on any atom is 0.253 e. The summed E-state index contributed by atoms with van der Waals surface area (Å²) in [6, 6.07) is 5.82. The zero-order valence-corrected chi connectivity index (χ0v) is 14.1. The monoisotopic (exact) mass is 320 g/mol. The van der Waals surface area contributed by atoms with Gasteiger partial charge in [0.2, 0.25) is 0 Å². The number of fused-ring (bicyclic) bond motifs is 1. The molecule has 0 bridgehead atoms. The third kappa shape index (κ3) is 3.20. The number of nitrogens with one attached hydrogen (secondary N) is 1. The first-order valence-electron chi connectivity index (χ1n) is 7.75. The normalized spacial score (nSPS) is 11.5. The molecule has 3 aromatic rings. The van der Waals surface area contributed by atoms with Crippen molar-refractivity contribution >= 4 is 23.0 Å². The standard InChI is InChI=1S/C19H20N4O/c1-5-13-8-14-6-7-23(17(14)21-10-13)16-9-15(11-20-12-16)18(24)22-19(2,3)4/h5-12H,1H2,2-4H3,(H,22,24). The lowest BCUT2D eigenvalue weighted by atomic mass is 10.1. The molecular formula is C19H20N4O. The number of nitrogens with zero attached hydrogens (tertiary/aromatic N) is 3. The first-order chi connectivity index (χ1) is 11.4. The van der Waals surface area contributed by atoms with Crippen LogP contribution in [0, 0.1) is 0 Å². The zero-order chi connectivity index (χ0) is 17.3. The number of rotatable bonds is 3. The van der Waals surface area contributed by atoms with Crippen LogP contribution < -0.4 is 5.32 Å². The van der Waals surface area contributed by atoms with E-state index in [1.807, 2.05) is 49.7 Å². The Kier molecular flexibility index (Phi) is 3.93. The summed E-state index contributed by atoms with van der Waals surface area (Å²) >= 11 is 0. The van der Waals surface area contributed by atoms with Crippen LogP contribution in [0.3, 0.4) is 0 Å². The van der Waals surface area contributed by atoms with Gasteiger partial charge in [-0.3, -0.25) is 14.3 Å². The van der Waals surface area contributed by atoms with Crippen LogP contribution in [0.4, 0.5) is 0 Å². The molecule has 1 amide bonds. The molecule has 0 aliphatic carbocycles. The lowest BCUT2D eigenvalue weighted by Gasteiger charge is -2.20. The van der Waals surface area contributed by atoms with Crippen LogP contribution in [0.2, 0.25) is 0 Å². The van der Waals surface area contributed by atoms with Gasteiger partial charge in [0, 0.05) is 29.5 Å². The van der Waals surface area contributed by atoms with Crippen molar-refractivity contribution in [2.24, 2.45) is 0 Å². The van der Waals surface area contributed by atoms with Crippen LogP contribution in [0.1, 0.15) is 36.7 Å². The Hall–Kier alpha value is -2.95. The summed E-state index contributed by atoms with van der Waals surface area (Å²) in [5.41, 5.74) is 2.81. The van der Waals surface area contributed by atoms with Crippen molar-refractivity contribution in [3.63, 3.8) is 0 Å². The van der Waals surface area contributed by atoms with E-state index in [4.69, 9.17) is 0 Å². The summed E-state index contributed by atoms with van der Waals surface area (Å²) in [7, 11) is 0. The highest BCUT2D eigenvalue weighted by atomic mass is 16.1. The zero-order valence-electron chi connectivity index (χ0n) is 14.1. The lowest BCUT2D eigenvalue weighted by molar-refractivity contribution is 0.0919. The maximum absolute atomic E-state index is 12.3. The van der Waals surface area contributed by atoms with E-state index in [0.29, 0.717) is 5.56 Å². The molecule has 0 saturated heterocycles. The van der Waals surface area contributed by atoms with Gasteiger partial charge in [-0.25, -0.2) is 4.98 Å². The van der Waals surface area contributed by atoms with Gasteiger partial charge in [-0.2, -0.15) is 0 Å². The van der Waals surface area contributed by atoms with Crippen LogP contribution >= 0.6 is 0 Å². The van der Waals surface area contributed by atoms with E-state index in [0.717, 1.165) is 22.3 Å². The van der Waals surface area contributed by atoms with Crippen molar-refractivity contribution in [2.45, 2.75) is 26.3 Å². The average Bonchev–Trinajstić information content (AvgIpc) is 2.96. The molecule has 122 valence electrons. The Bertz CT molecular complexity index is 919. The Morgan fingerprint density at radius 3 is 2.75 bits per heavy atom. The molecule has 5 nitrogen and oxygen atoms in total. The number of carbonyl (C=O) groups excluding carboxylic acids is 1. The number of pyridine rings is 2. The third-order valence-electron chi connectivity index (χ3n) is 3.54. The van der Waals surface area contributed by atoms with Crippen LogP contribution in [-0.2, 0) is 0 Å².